The Morgan fingerprint density at radius 3 is 2.53 bits per heavy atom. The van der Waals surface area contributed by atoms with Crippen LogP contribution in [-0.2, 0) is 0 Å². The summed E-state index contributed by atoms with van der Waals surface area (Å²) in [7, 11) is 0. The number of nitriles is 1. The molecule has 0 amide bonds. The van der Waals surface area contributed by atoms with E-state index in [2.05, 4.69) is 27.8 Å². The minimum Gasteiger partial charge on any atom is -0.326 e. The second-order valence-corrected chi connectivity index (χ2v) is 4.11. The molecule has 0 aliphatic carbocycles. The molecular formula is C14H15N3. The second kappa shape index (κ2) is 4.84. The van der Waals surface area contributed by atoms with Crippen molar-refractivity contribution in [3.05, 3.63) is 53.6 Å². The van der Waals surface area contributed by atoms with Gasteiger partial charge < -0.3 is 4.57 Å². The Bertz CT molecular complexity index is 534. The molecule has 0 aliphatic rings. The van der Waals surface area contributed by atoms with Crippen LogP contribution in [0, 0.1) is 25.2 Å². The zero-order valence-corrected chi connectivity index (χ0v) is 10.1. The van der Waals surface area contributed by atoms with Crippen LogP contribution in [0.1, 0.15) is 29.4 Å². The van der Waals surface area contributed by atoms with Gasteiger partial charge >= 0.3 is 0 Å². The Morgan fingerprint density at radius 2 is 2.00 bits per heavy atom. The van der Waals surface area contributed by atoms with Crippen molar-refractivity contribution >= 4 is 0 Å². The highest BCUT2D eigenvalue weighted by Gasteiger charge is 2.15. The summed E-state index contributed by atoms with van der Waals surface area (Å²) in [6, 6.07) is 12.4. The molecule has 1 unspecified atom stereocenters. The fourth-order valence-corrected chi connectivity index (χ4v) is 1.97. The topological polar surface area (TPSA) is 41.6 Å². The normalized spacial score (nSPS) is 12.1. The van der Waals surface area contributed by atoms with Crippen LogP contribution in [0.3, 0.4) is 0 Å². The Labute approximate surface area is 101 Å². The Morgan fingerprint density at radius 1 is 1.29 bits per heavy atom. The van der Waals surface area contributed by atoms with Crippen molar-refractivity contribution in [2.24, 2.45) is 0 Å². The Kier molecular flexibility index (Phi) is 3.24. The van der Waals surface area contributed by atoms with Gasteiger partial charge in [0.1, 0.15) is 0 Å². The van der Waals surface area contributed by atoms with Crippen LogP contribution in [0.15, 0.2) is 36.7 Å². The summed E-state index contributed by atoms with van der Waals surface area (Å²) in [6.45, 7) is 4.02. The number of nitrogens with zero attached hydrogens (tertiary/aromatic N) is 3. The van der Waals surface area contributed by atoms with Gasteiger partial charge in [-0.3, -0.25) is 0 Å². The fourth-order valence-electron chi connectivity index (χ4n) is 1.97. The van der Waals surface area contributed by atoms with E-state index < -0.39 is 0 Å². The van der Waals surface area contributed by atoms with E-state index in [4.69, 9.17) is 5.26 Å². The van der Waals surface area contributed by atoms with Gasteiger partial charge in [-0.1, -0.05) is 30.3 Å². The van der Waals surface area contributed by atoms with Gasteiger partial charge in [0.2, 0.25) is 0 Å². The first kappa shape index (κ1) is 11.4. The first-order valence-corrected chi connectivity index (χ1v) is 5.66. The highest BCUT2D eigenvalue weighted by atomic mass is 15.1. The average molecular weight is 225 g/mol. The molecule has 0 bridgehead atoms. The SMILES string of the molecule is Cc1ncn(C(CC#N)c2ccccc2)c1C. The molecule has 3 heteroatoms. The van der Waals surface area contributed by atoms with Crippen LogP contribution in [0.25, 0.3) is 0 Å². The highest BCUT2D eigenvalue weighted by Crippen LogP contribution is 2.23. The number of aromatic nitrogens is 2. The van der Waals surface area contributed by atoms with Gasteiger partial charge in [0.25, 0.3) is 0 Å². The molecule has 0 saturated carbocycles. The molecule has 3 nitrogen and oxygen atoms in total. The van der Waals surface area contributed by atoms with Crippen LogP contribution in [0.5, 0.6) is 0 Å². The van der Waals surface area contributed by atoms with Crippen LogP contribution in [0.2, 0.25) is 0 Å². The molecule has 0 spiro atoms. The summed E-state index contributed by atoms with van der Waals surface area (Å²) in [6.07, 6.45) is 2.28. The van der Waals surface area contributed by atoms with Crippen LogP contribution in [-0.4, -0.2) is 9.55 Å². The molecule has 1 heterocycles. The fraction of sp³-hybridized carbons (Fsp3) is 0.286. The van der Waals surface area contributed by atoms with Gasteiger partial charge in [0, 0.05) is 5.69 Å². The molecule has 1 atom stereocenters. The van der Waals surface area contributed by atoms with Crippen molar-refractivity contribution < 1.29 is 0 Å². The third-order valence-electron chi connectivity index (χ3n) is 3.09. The van der Waals surface area contributed by atoms with E-state index >= 15 is 0 Å². The van der Waals surface area contributed by atoms with E-state index in [-0.39, 0.29) is 6.04 Å². The molecule has 1 aromatic carbocycles. The number of hydrogen-bond donors (Lipinski definition) is 0. The maximum atomic E-state index is 8.97. The molecule has 0 aliphatic heterocycles. The third-order valence-corrected chi connectivity index (χ3v) is 3.09. The zero-order chi connectivity index (χ0) is 12.3. The van der Waals surface area contributed by atoms with E-state index in [1.165, 1.54) is 0 Å². The number of hydrogen-bond acceptors (Lipinski definition) is 2. The number of aryl methyl sites for hydroxylation is 1. The Balaban J connectivity index is 2.44. The van der Waals surface area contributed by atoms with Crippen molar-refractivity contribution in [2.75, 3.05) is 0 Å². The number of benzene rings is 1. The molecule has 86 valence electrons. The van der Waals surface area contributed by atoms with E-state index in [0.29, 0.717) is 6.42 Å². The molecular weight excluding hydrogens is 210 g/mol. The van der Waals surface area contributed by atoms with Crippen molar-refractivity contribution in [3.8, 4) is 6.07 Å². The minimum atomic E-state index is 0.0578. The smallest absolute Gasteiger partial charge is 0.0957 e. The first-order valence-electron chi connectivity index (χ1n) is 5.66. The van der Waals surface area contributed by atoms with E-state index in [1.807, 2.05) is 38.4 Å². The zero-order valence-electron chi connectivity index (χ0n) is 10.1. The lowest BCUT2D eigenvalue weighted by Gasteiger charge is -2.17. The average Bonchev–Trinajstić information content (AvgIpc) is 2.69. The maximum absolute atomic E-state index is 8.97. The maximum Gasteiger partial charge on any atom is 0.0957 e. The standard InChI is InChI=1S/C14H15N3/c1-11-12(2)17(10-16-11)14(8-9-15)13-6-4-3-5-7-13/h3-7,10,14H,8H2,1-2H3. The molecule has 0 fully saturated rings. The van der Waals surface area contributed by atoms with Crippen molar-refractivity contribution in [2.45, 2.75) is 26.3 Å². The van der Waals surface area contributed by atoms with Crippen molar-refractivity contribution in [1.82, 2.24) is 9.55 Å². The summed E-state index contributed by atoms with van der Waals surface area (Å²) in [5.41, 5.74) is 3.28. The van der Waals surface area contributed by atoms with Gasteiger partial charge in [0.05, 0.1) is 30.6 Å². The summed E-state index contributed by atoms with van der Waals surface area (Å²) in [5.74, 6) is 0. The summed E-state index contributed by atoms with van der Waals surface area (Å²) in [4.78, 5) is 4.30. The van der Waals surface area contributed by atoms with Crippen molar-refractivity contribution in [1.29, 1.82) is 5.26 Å². The highest BCUT2D eigenvalue weighted by molar-refractivity contribution is 5.23. The molecule has 2 rings (SSSR count). The van der Waals surface area contributed by atoms with Gasteiger partial charge in [-0.25, -0.2) is 4.98 Å². The summed E-state index contributed by atoms with van der Waals surface area (Å²) >= 11 is 0. The van der Waals surface area contributed by atoms with Gasteiger partial charge in [-0.15, -0.1) is 0 Å². The number of rotatable bonds is 3. The first-order chi connectivity index (χ1) is 8.24. The molecule has 0 saturated heterocycles. The lowest BCUT2D eigenvalue weighted by Crippen LogP contribution is -2.10. The van der Waals surface area contributed by atoms with E-state index in [1.54, 1.807) is 0 Å². The molecule has 2 aromatic rings. The van der Waals surface area contributed by atoms with E-state index in [0.717, 1.165) is 17.0 Å². The van der Waals surface area contributed by atoms with Crippen LogP contribution >= 0.6 is 0 Å². The van der Waals surface area contributed by atoms with Crippen molar-refractivity contribution in [3.63, 3.8) is 0 Å². The Hall–Kier alpha value is -2.08. The predicted molar refractivity (Wildman–Crippen MR) is 66.5 cm³/mol. The van der Waals surface area contributed by atoms with Gasteiger partial charge in [-0.2, -0.15) is 5.26 Å². The molecule has 1 aromatic heterocycles. The van der Waals surface area contributed by atoms with Gasteiger partial charge in [0.15, 0.2) is 0 Å². The lowest BCUT2D eigenvalue weighted by molar-refractivity contribution is 0.582. The minimum absolute atomic E-state index is 0.0578. The van der Waals surface area contributed by atoms with Crippen LogP contribution in [0.4, 0.5) is 0 Å². The summed E-state index contributed by atoms with van der Waals surface area (Å²) in [5, 5.41) is 8.97. The summed E-state index contributed by atoms with van der Waals surface area (Å²) < 4.78 is 2.08. The largest absolute Gasteiger partial charge is 0.326 e. The van der Waals surface area contributed by atoms with E-state index in [9.17, 15) is 0 Å². The molecule has 0 radical (unpaired) electrons. The van der Waals surface area contributed by atoms with Crippen LogP contribution < -0.4 is 0 Å². The van der Waals surface area contributed by atoms with Gasteiger partial charge in [-0.05, 0) is 19.4 Å². The lowest BCUT2D eigenvalue weighted by atomic mass is 10.0. The monoisotopic (exact) mass is 225 g/mol. The molecule has 17 heavy (non-hydrogen) atoms. The second-order valence-electron chi connectivity index (χ2n) is 4.11. The third kappa shape index (κ3) is 2.21. The number of imidazole rings is 1. The quantitative estimate of drug-likeness (QED) is 0.805. The molecule has 0 N–H and O–H groups in total. The predicted octanol–water partition coefficient (Wildman–Crippen LogP) is 3.00.